The van der Waals surface area contributed by atoms with Crippen LogP contribution in [0.4, 0.5) is 0 Å². The summed E-state index contributed by atoms with van der Waals surface area (Å²) in [5.41, 5.74) is 0.696. The second-order valence-electron chi connectivity index (χ2n) is 3.16. The smallest absolute Gasteiger partial charge is 0.269 e. The molecule has 1 heterocycles. The Labute approximate surface area is 83.7 Å². The molecule has 0 aromatic carbocycles. The quantitative estimate of drug-likeness (QED) is 0.770. The van der Waals surface area contributed by atoms with Crippen LogP contribution in [0.25, 0.3) is 0 Å². The predicted octanol–water partition coefficient (Wildman–Crippen LogP) is 1.19. The summed E-state index contributed by atoms with van der Waals surface area (Å²) in [6.07, 6.45) is 4.08. The average molecular weight is 218 g/mol. The molecule has 0 fully saturated rings. The zero-order valence-electron chi connectivity index (χ0n) is 8.27. The van der Waals surface area contributed by atoms with Gasteiger partial charge in [-0.1, -0.05) is 13.3 Å². The molecule has 1 aromatic rings. The average Bonchev–Trinajstić information content (AvgIpc) is 2.42. The summed E-state index contributed by atoms with van der Waals surface area (Å²) >= 11 is 0. The van der Waals surface area contributed by atoms with E-state index in [1.54, 1.807) is 6.92 Å². The monoisotopic (exact) mass is 218 g/mol. The van der Waals surface area contributed by atoms with Crippen LogP contribution >= 0.6 is 0 Å². The molecule has 80 valence electrons. The van der Waals surface area contributed by atoms with Crippen LogP contribution in [-0.2, 0) is 16.7 Å². The molecule has 0 saturated carbocycles. The molecular formula is C8H14N2O3S. The number of imidazole rings is 1. The van der Waals surface area contributed by atoms with Gasteiger partial charge < -0.3 is 0 Å². The molecule has 0 aliphatic rings. The van der Waals surface area contributed by atoms with Gasteiger partial charge in [0.15, 0.2) is 0 Å². The van der Waals surface area contributed by atoms with Crippen LogP contribution in [0.2, 0.25) is 0 Å². The van der Waals surface area contributed by atoms with Gasteiger partial charge in [-0.25, -0.2) is 8.96 Å². The van der Waals surface area contributed by atoms with Crippen molar-refractivity contribution in [2.24, 2.45) is 0 Å². The number of unbranched alkanes of at least 4 members (excludes halogenated alkanes) is 1. The maximum Gasteiger partial charge on any atom is 0.364 e. The Kier molecular flexibility index (Phi) is 3.28. The molecule has 0 spiro atoms. The third kappa shape index (κ3) is 2.55. The minimum Gasteiger partial charge on any atom is -0.269 e. The molecule has 6 heteroatoms. The lowest BCUT2D eigenvalue weighted by molar-refractivity contribution is 0.471. The van der Waals surface area contributed by atoms with Crippen molar-refractivity contribution in [3.63, 3.8) is 0 Å². The molecule has 0 aliphatic carbocycles. The van der Waals surface area contributed by atoms with Gasteiger partial charge in [0, 0.05) is 6.20 Å². The molecule has 0 saturated heterocycles. The SMILES string of the molecule is CCCCc1cn(S(=O)(=O)O)c(C)n1. The van der Waals surface area contributed by atoms with Gasteiger partial charge in [-0.3, -0.25) is 4.55 Å². The first-order chi connectivity index (χ1) is 6.45. The highest BCUT2D eigenvalue weighted by molar-refractivity contribution is 7.84. The molecule has 5 nitrogen and oxygen atoms in total. The number of rotatable bonds is 4. The number of aromatic nitrogens is 2. The second kappa shape index (κ2) is 4.10. The third-order valence-electron chi connectivity index (χ3n) is 1.93. The zero-order valence-corrected chi connectivity index (χ0v) is 9.08. The molecule has 0 unspecified atom stereocenters. The van der Waals surface area contributed by atoms with E-state index in [0.717, 1.165) is 23.2 Å². The van der Waals surface area contributed by atoms with Gasteiger partial charge in [-0.05, 0) is 19.8 Å². The van der Waals surface area contributed by atoms with Crippen LogP contribution in [0.1, 0.15) is 31.3 Å². The fourth-order valence-electron chi connectivity index (χ4n) is 1.23. The van der Waals surface area contributed by atoms with E-state index in [4.69, 9.17) is 4.55 Å². The van der Waals surface area contributed by atoms with Gasteiger partial charge in [0.25, 0.3) is 0 Å². The highest BCUT2D eigenvalue weighted by atomic mass is 32.2. The molecule has 0 aliphatic heterocycles. The number of aryl methyl sites for hydroxylation is 2. The molecule has 0 bridgehead atoms. The van der Waals surface area contributed by atoms with E-state index in [-0.39, 0.29) is 0 Å². The standard InChI is InChI=1S/C8H14N2O3S/c1-3-4-5-8-6-10(7(2)9-8)14(11,12)13/h6H,3-5H2,1-2H3,(H,11,12,13). The largest absolute Gasteiger partial charge is 0.364 e. The predicted molar refractivity (Wildman–Crippen MR) is 52.5 cm³/mol. The van der Waals surface area contributed by atoms with E-state index < -0.39 is 10.3 Å². The van der Waals surface area contributed by atoms with E-state index in [9.17, 15) is 8.42 Å². The normalized spacial score (nSPS) is 11.9. The summed E-state index contributed by atoms with van der Waals surface area (Å²) in [6, 6.07) is 0. The second-order valence-corrected chi connectivity index (χ2v) is 4.45. The third-order valence-corrected chi connectivity index (χ3v) is 2.79. The molecule has 1 rings (SSSR count). The van der Waals surface area contributed by atoms with Crippen LogP contribution in [0.15, 0.2) is 6.20 Å². The fourth-order valence-corrected chi connectivity index (χ4v) is 1.86. The molecule has 1 N–H and O–H groups in total. The summed E-state index contributed by atoms with van der Waals surface area (Å²) in [5, 5.41) is 0. The van der Waals surface area contributed by atoms with Gasteiger partial charge in [0.2, 0.25) is 0 Å². The Morgan fingerprint density at radius 1 is 1.57 bits per heavy atom. The van der Waals surface area contributed by atoms with E-state index in [1.165, 1.54) is 6.20 Å². The van der Waals surface area contributed by atoms with E-state index in [1.807, 2.05) is 6.92 Å². The summed E-state index contributed by atoms with van der Waals surface area (Å²) in [7, 11) is -4.18. The van der Waals surface area contributed by atoms with Crippen LogP contribution in [-0.4, -0.2) is 21.9 Å². The van der Waals surface area contributed by atoms with Crippen molar-refractivity contribution in [2.75, 3.05) is 0 Å². The molecule has 0 amide bonds. The topological polar surface area (TPSA) is 72.2 Å². The number of hydrogen-bond acceptors (Lipinski definition) is 3. The van der Waals surface area contributed by atoms with Crippen molar-refractivity contribution in [1.29, 1.82) is 0 Å². The first-order valence-corrected chi connectivity index (χ1v) is 5.87. The molecule has 0 radical (unpaired) electrons. The van der Waals surface area contributed by atoms with Gasteiger partial charge in [0.1, 0.15) is 5.82 Å². The van der Waals surface area contributed by atoms with Crippen LogP contribution in [0.3, 0.4) is 0 Å². The fraction of sp³-hybridized carbons (Fsp3) is 0.625. The van der Waals surface area contributed by atoms with Crippen molar-refractivity contribution in [2.45, 2.75) is 33.1 Å². The Bertz CT molecular complexity index is 408. The molecule has 0 atom stereocenters. The highest BCUT2D eigenvalue weighted by Gasteiger charge is 2.13. The maximum atomic E-state index is 10.8. The highest BCUT2D eigenvalue weighted by Crippen LogP contribution is 2.08. The lowest BCUT2D eigenvalue weighted by Crippen LogP contribution is -2.11. The summed E-state index contributed by atoms with van der Waals surface area (Å²) < 4.78 is 31.2. The van der Waals surface area contributed by atoms with Crippen molar-refractivity contribution in [3.8, 4) is 0 Å². The van der Waals surface area contributed by atoms with Crippen LogP contribution in [0, 0.1) is 6.92 Å². The minimum absolute atomic E-state index is 0.290. The van der Waals surface area contributed by atoms with Crippen LogP contribution < -0.4 is 0 Å². The van der Waals surface area contributed by atoms with Crippen molar-refractivity contribution < 1.29 is 13.0 Å². The lowest BCUT2D eigenvalue weighted by atomic mass is 10.2. The van der Waals surface area contributed by atoms with E-state index >= 15 is 0 Å². The Balaban J connectivity index is 2.94. The molecule has 1 aromatic heterocycles. The van der Waals surface area contributed by atoms with E-state index in [0.29, 0.717) is 11.5 Å². The maximum absolute atomic E-state index is 10.8. The summed E-state index contributed by atoms with van der Waals surface area (Å²) in [5.74, 6) is 0.290. The zero-order chi connectivity index (χ0) is 10.8. The first-order valence-electron chi connectivity index (χ1n) is 4.48. The summed E-state index contributed by atoms with van der Waals surface area (Å²) in [6.45, 7) is 3.59. The summed E-state index contributed by atoms with van der Waals surface area (Å²) in [4.78, 5) is 4.04. The molecular weight excluding hydrogens is 204 g/mol. The lowest BCUT2D eigenvalue weighted by Gasteiger charge is -1.96. The Hall–Kier alpha value is -0.880. The van der Waals surface area contributed by atoms with Crippen LogP contribution in [0.5, 0.6) is 0 Å². The number of nitrogens with zero attached hydrogens (tertiary/aromatic N) is 2. The Morgan fingerprint density at radius 3 is 2.64 bits per heavy atom. The van der Waals surface area contributed by atoms with Gasteiger partial charge in [-0.2, -0.15) is 8.42 Å². The minimum atomic E-state index is -4.18. The van der Waals surface area contributed by atoms with Crippen molar-refractivity contribution in [3.05, 3.63) is 17.7 Å². The number of hydrogen-bond donors (Lipinski definition) is 1. The van der Waals surface area contributed by atoms with Crippen molar-refractivity contribution in [1.82, 2.24) is 8.96 Å². The van der Waals surface area contributed by atoms with Gasteiger partial charge in [0.05, 0.1) is 5.69 Å². The van der Waals surface area contributed by atoms with Gasteiger partial charge >= 0.3 is 10.3 Å². The van der Waals surface area contributed by atoms with E-state index in [2.05, 4.69) is 4.98 Å². The Morgan fingerprint density at radius 2 is 2.21 bits per heavy atom. The van der Waals surface area contributed by atoms with Gasteiger partial charge in [-0.15, -0.1) is 0 Å². The molecule has 14 heavy (non-hydrogen) atoms. The van der Waals surface area contributed by atoms with Crippen molar-refractivity contribution >= 4 is 10.3 Å². The first kappa shape index (κ1) is 11.2.